The number of rotatable bonds is 3. The van der Waals surface area contributed by atoms with Crippen molar-refractivity contribution < 1.29 is 8.42 Å². The predicted octanol–water partition coefficient (Wildman–Crippen LogP) is 0.876. The summed E-state index contributed by atoms with van der Waals surface area (Å²) in [6, 6.07) is 1.55. The Labute approximate surface area is 128 Å². The van der Waals surface area contributed by atoms with Gasteiger partial charge in [0.1, 0.15) is 6.33 Å². The Balaban J connectivity index is 1.81. The summed E-state index contributed by atoms with van der Waals surface area (Å²) in [4.78, 5) is 4.13. The summed E-state index contributed by atoms with van der Waals surface area (Å²) in [6.07, 6.45) is 4.29. The summed E-state index contributed by atoms with van der Waals surface area (Å²) in [7, 11) is -2.02. The number of hydrogen-bond donors (Lipinski definition) is 0. The number of aromatic nitrogens is 5. The van der Waals surface area contributed by atoms with Gasteiger partial charge in [0.05, 0.1) is 5.69 Å². The summed E-state index contributed by atoms with van der Waals surface area (Å²) in [5.41, 5.74) is 0.868. The molecule has 2 aromatic heterocycles. The highest BCUT2D eigenvalue weighted by Gasteiger charge is 2.38. The maximum atomic E-state index is 13.1. The Morgan fingerprint density at radius 1 is 1.27 bits per heavy atom. The molecule has 1 aliphatic carbocycles. The van der Waals surface area contributed by atoms with Gasteiger partial charge in [-0.25, -0.2) is 8.99 Å². The minimum atomic E-state index is -3.70. The number of aryl methyl sites for hydroxylation is 2. The van der Waals surface area contributed by atoms with Gasteiger partial charge < -0.3 is 0 Å². The molecule has 0 radical (unpaired) electrons. The summed E-state index contributed by atoms with van der Waals surface area (Å²) < 4.78 is 30.7. The van der Waals surface area contributed by atoms with Gasteiger partial charge in [-0.1, -0.05) is 0 Å². The van der Waals surface area contributed by atoms with Crippen molar-refractivity contribution in [2.45, 2.75) is 49.7 Å². The maximum absolute atomic E-state index is 13.1. The van der Waals surface area contributed by atoms with Crippen LogP contribution in [0.3, 0.4) is 0 Å². The van der Waals surface area contributed by atoms with Gasteiger partial charge in [0, 0.05) is 31.6 Å². The topological polar surface area (TPSA) is 85.9 Å². The second-order valence-electron chi connectivity index (χ2n) is 6.03. The molecule has 0 N–H and O–H groups in total. The van der Waals surface area contributed by atoms with Gasteiger partial charge >= 0.3 is 0 Å². The lowest BCUT2D eigenvalue weighted by Gasteiger charge is -2.32. The van der Waals surface area contributed by atoms with Crippen LogP contribution in [-0.2, 0) is 23.6 Å². The van der Waals surface area contributed by atoms with E-state index < -0.39 is 10.0 Å². The lowest BCUT2D eigenvalue weighted by atomic mass is 10.2. The van der Waals surface area contributed by atoms with Crippen LogP contribution >= 0.6 is 0 Å². The molecule has 1 aliphatic heterocycles. The van der Waals surface area contributed by atoms with Crippen molar-refractivity contribution in [3.8, 4) is 0 Å². The van der Waals surface area contributed by atoms with Crippen LogP contribution in [0.1, 0.15) is 37.8 Å². The highest BCUT2D eigenvalue weighted by atomic mass is 32.2. The number of hydrogen-bond acceptors (Lipinski definition) is 5. The molecule has 118 valence electrons. The first-order chi connectivity index (χ1) is 10.5. The Morgan fingerprint density at radius 2 is 2.05 bits per heavy atom. The molecule has 22 heavy (non-hydrogen) atoms. The average molecular weight is 322 g/mol. The van der Waals surface area contributed by atoms with Crippen molar-refractivity contribution in [2.24, 2.45) is 7.05 Å². The van der Waals surface area contributed by atoms with Crippen LogP contribution in [-0.4, -0.2) is 39.0 Å². The number of fused-ring (bicyclic) bond motifs is 1. The van der Waals surface area contributed by atoms with Gasteiger partial charge in [0.15, 0.2) is 5.03 Å². The van der Waals surface area contributed by atoms with Crippen LogP contribution < -0.4 is 4.31 Å². The molecule has 2 aliphatic rings. The fourth-order valence-corrected chi connectivity index (χ4v) is 4.73. The minimum absolute atomic E-state index is 0.152. The fraction of sp³-hybridized carbons (Fsp3) is 0.615. The van der Waals surface area contributed by atoms with E-state index in [2.05, 4.69) is 15.2 Å². The Hall–Kier alpha value is -1.90. The largest absolute Gasteiger partial charge is 0.284 e. The molecule has 2 aromatic rings. The van der Waals surface area contributed by atoms with E-state index in [0.29, 0.717) is 24.8 Å². The molecule has 1 saturated carbocycles. The standard InChI is InChI=1S/C13H18N6O2S/c1-9-5-6-18-13(14-8-15-18)19(9)22(20,21)12-7-11(10-3-4-10)16-17(12)2/h7-10H,3-6H2,1-2H3. The van der Waals surface area contributed by atoms with Crippen molar-refractivity contribution in [1.82, 2.24) is 24.5 Å². The van der Waals surface area contributed by atoms with Gasteiger partial charge in [-0.15, -0.1) is 0 Å². The molecule has 1 fully saturated rings. The van der Waals surface area contributed by atoms with E-state index in [-0.39, 0.29) is 11.1 Å². The van der Waals surface area contributed by atoms with Crippen LogP contribution in [0.2, 0.25) is 0 Å². The Morgan fingerprint density at radius 3 is 2.77 bits per heavy atom. The fourth-order valence-electron chi connectivity index (χ4n) is 2.95. The van der Waals surface area contributed by atoms with Gasteiger partial charge in [-0.3, -0.25) is 4.68 Å². The number of nitrogens with zero attached hydrogens (tertiary/aromatic N) is 6. The molecule has 0 aromatic carbocycles. The van der Waals surface area contributed by atoms with Crippen molar-refractivity contribution >= 4 is 16.0 Å². The molecular formula is C13H18N6O2S. The molecule has 1 atom stereocenters. The van der Waals surface area contributed by atoms with Crippen molar-refractivity contribution in [3.63, 3.8) is 0 Å². The highest BCUT2D eigenvalue weighted by Crippen LogP contribution is 2.40. The zero-order valence-corrected chi connectivity index (χ0v) is 13.4. The van der Waals surface area contributed by atoms with Crippen LogP contribution in [0.5, 0.6) is 0 Å². The summed E-state index contributed by atoms with van der Waals surface area (Å²) in [5, 5.41) is 8.68. The lowest BCUT2D eigenvalue weighted by molar-refractivity contribution is 0.471. The van der Waals surface area contributed by atoms with Crippen LogP contribution in [0.25, 0.3) is 0 Å². The van der Waals surface area contributed by atoms with E-state index in [0.717, 1.165) is 18.5 Å². The third-order valence-electron chi connectivity index (χ3n) is 4.33. The van der Waals surface area contributed by atoms with Crippen LogP contribution in [0.4, 0.5) is 5.95 Å². The van der Waals surface area contributed by atoms with E-state index in [1.165, 1.54) is 15.3 Å². The molecule has 1 unspecified atom stereocenters. The molecule has 9 heteroatoms. The highest BCUT2D eigenvalue weighted by molar-refractivity contribution is 7.92. The first-order valence-electron chi connectivity index (χ1n) is 7.44. The first-order valence-corrected chi connectivity index (χ1v) is 8.88. The van der Waals surface area contributed by atoms with Crippen molar-refractivity contribution in [3.05, 3.63) is 18.1 Å². The molecule has 0 spiro atoms. The number of anilines is 1. The molecule has 8 nitrogen and oxygen atoms in total. The van der Waals surface area contributed by atoms with E-state index in [1.54, 1.807) is 17.8 Å². The summed E-state index contributed by atoms with van der Waals surface area (Å²) in [6.45, 7) is 2.58. The SMILES string of the molecule is CC1CCn2ncnc2N1S(=O)(=O)c1cc(C2CC2)nn1C. The smallest absolute Gasteiger partial charge is 0.255 e. The molecule has 0 saturated heterocycles. The first kappa shape index (κ1) is 13.7. The third-order valence-corrected chi connectivity index (χ3v) is 6.28. The second kappa shape index (κ2) is 4.55. The Bertz CT molecular complexity index is 819. The van der Waals surface area contributed by atoms with Crippen LogP contribution in [0, 0.1) is 0 Å². The maximum Gasteiger partial charge on any atom is 0.284 e. The quantitative estimate of drug-likeness (QED) is 0.837. The molecule has 0 amide bonds. The van der Waals surface area contributed by atoms with Crippen LogP contribution in [0.15, 0.2) is 17.4 Å². The van der Waals surface area contributed by atoms with E-state index in [1.807, 2.05) is 6.92 Å². The zero-order valence-electron chi connectivity index (χ0n) is 12.5. The van der Waals surface area contributed by atoms with Gasteiger partial charge in [-0.2, -0.15) is 23.6 Å². The lowest BCUT2D eigenvalue weighted by Crippen LogP contribution is -2.44. The normalized spacial score (nSPS) is 21.9. The molecule has 3 heterocycles. The zero-order chi connectivity index (χ0) is 15.5. The molecular weight excluding hydrogens is 304 g/mol. The molecule has 4 rings (SSSR count). The minimum Gasteiger partial charge on any atom is -0.255 e. The summed E-state index contributed by atoms with van der Waals surface area (Å²) in [5.74, 6) is 0.797. The van der Waals surface area contributed by atoms with E-state index in [4.69, 9.17) is 0 Å². The van der Waals surface area contributed by atoms with Gasteiger partial charge in [-0.05, 0) is 26.2 Å². The number of sulfonamides is 1. The van der Waals surface area contributed by atoms with Gasteiger partial charge in [0.2, 0.25) is 5.95 Å². The summed E-state index contributed by atoms with van der Waals surface area (Å²) >= 11 is 0. The predicted molar refractivity (Wildman–Crippen MR) is 78.9 cm³/mol. The molecule has 0 bridgehead atoms. The van der Waals surface area contributed by atoms with E-state index >= 15 is 0 Å². The van der Waals surface area contributed by atoms with Crippen molar-refractivity contribution in [2.75, 3.05) is 4.31 Å². The Kier molecular flexibility index (Phi) is 2.84. The third kappa shape index (κ3) is 1.95. The monoisotopic (exact) mass is 322 g/mol. The van der Waals surface area contributed by atoms with Crippen molar-refractivity contribution in [1.29, 1.82) is 0 Å². The second-order valence-corrected chi connectivity index (χ2v) is 7.79. The van der Waals surface area contributed by atoms with Gasteiger partial charge in [0.25, 0.3) is 10.0 Å². The van der Waals surface area contributed by atoms with E-state index in [9.17, 15) is 8.42 Å². The average Bonchev–Trinajstić information content (AvgIpc) is 3.07.